The maximum atomic E-state index is 13.0. The second-order valence-electron chi connectivity index (χ2n) is 8.48. The molecule has 0 bridgehead atoms. The van der Waals surface area contributed by atoms with Crippen LogP contribution in [-0.2, 0) is 19.1 Å². The molecule has 4 aromatic rings. The van der Waals surface area contributed by atoms with Crippen molar-refractivity contribution in [2.75, 3.05) is 14.2 Å². The zero-order valence-corrected chi connectivity index (χ0v) is 22.5. The Labute approximate surface area is 231 Å². The largest absolute Gasteiger partial charge is 0.478 e. The van der Waals surface area contributed by atoms with Crippen molar-refractivity contribution in [3.63, 3.8) is 0 Å². The maximum absolute atomic E-state index is 13.0. The topological polar surface area (TPSA) is 140 Å². The molecule has 4 rings (SSSR count). The molecule has 1 aromatic heterocycles. The highest BCUT2D eigenvalue weighted by Gasteiger charge is 2.35. The summed E-state index contributed by atoms with van der Waals surface area (Å²) in [7, 11) is 2.09. The normalized spacial score (nSPS) is 11.6. The van der Waals surface area contributed by atoms with E-state index < -0.39 is 46.1 Å². The SMILES string of the molecule is COC(=O)/C=C(\C(=O)OC)c1c(C(=O)O)c(C(=O)O)c(-c2ccc(Cl)cc2)c2oc3c(C)c(C)c(Cl)cc3c12. The highest BCUT2D eigenvalue weighted by Crippen LogP contribution is 2.47. The van der Waals surface area contributed by atoms with Crippen LogP contribution in [0.5, 0.6) is 0 Å². The van der Waals surface area contributed by atoms with Crippen molar-refractivity contribution in [3.8, 4) is 11.1 Å². The number of halogens is 2. The number of fused-ring (bicyclic) bond motifs is 3. The van der Waals surface area contributed by atoms with E-state index in [9.17, 15) is 29.4 Å². The lowest BCUT2D eigenvalue weighted by atomic mass is 9.84. The summed E-state index contributed by atoms with van der Waals surface area (Å²) < 4.78 is 15.8. The minimum Gasteiger partial charge on any atom is -0.478 e. The van der Waals surface area contributed by atoms with Crippen LogP contribution in [0.2, 0.25) is 10.0 Å². The van der Waals surface area contributed by atoms with E-state index in [1.54, 1.807) is 13.8 Å². The van der Waals surface area contributed by atoms with Crippen molar-refractivity contribution in [2.45, 2.75) is 13.8 Å². The third kappa shape index (κ3) is 4.60. The van der Waals surface area contributed by atoms with Crippen LogP contribution in [0.3, 0.4) is 0 Å². The molecule has 0 amide bonds. The molecule has 0 atom stereocenters. The number of rotatable bonds is 6. The van der Waals surface area contributed by atoms with Crippen molar-refractivity contribution in [1.82, 2.24) is 0 Å². The summed E-state index contributed by atoms with van der Waals surface area (Å²) >= 11 is 12.5. The van der Waals surface area contributed by atoms with Gasteiger partial charge in [-0.25, -0.2) is 19.2 Å². The molecule has 1 heterocycles. The number of ether oxygens (including phenoxy) is 2. The number of carboxylic acid groups (broad SMARTS) is 2. The smallest absolute Gasteiger partial charge is 0.338 e. The van der Waals surface area contributed by atoms with Gasteiger partial charge in [-0.3, -0.25) is 0 Å². The fraction of sp³-hybridized carbons (Fsp3) is 0.143. The molecule has 200 valence electrons. The van der Waals surface area contributed by atoms with Gasteiger partial charge < -0.3 is 24.1 Å². The number of aryl methyl sites for hydroxylation is 1. The van der Waals surface area contributed by atoms with Gasteiger partial charge in [-0.1, -0.05) is 35.3 Å². The number of carbonyl (C=O) groups excluding carboxylic acids is 2. The number of hydrogen-bond acceptors (Lipinski definition) is 7. The third-order valence-corrected chi connectivity index (χ3v) is 7.05. The van der Waals surface area contributed by atoms with Gasteiger partial charge in [-0.2, -0.15) is 0 Å². The molecule has 0 spiro atoms. The molecule has 2 N–H and O–H groups in total. The number of aromatic carboxylic acids is 2. The van der Waals surface area contributed by atoms with E-state index in [0.717, 1.165) is 20.3 Å². The number of methoxy groups -OCH3 is 2. The van der Waals surface area contributed by atoms with Gasteiger partial charge in [0.15, 0.2) is 0 Å². The van der Waals surface area contributed by atoms with Crippen molar-refractivity contribution in [3.05, 3.63) is 74.3 Å². The second-order valence-corrected chi connectivity index (χ2v) is 9.32. The summed E-state index contributed by atoms with van der Waals surface area (Å²) in [6.45, 7) is 3.49. The molecule has 3 aromatic carbocycles. The summed E-state index contributed by atoms with van der Waals surface area (Å²) in [5, 5.41) is 21.7. The Hall–Kier alpha value is -4.34. The van der Waals surface area contributed by atoms with E-state index in [1.807, 2.05) is 0 Å². The van der Waals surface area contributed by atoms with Crippen LogP contribution < -0.4 is 0 Å². The highest BCUT2D eigenvalue weighted by atomic mass is 35.5. The number of hydrogen-bond donors (Lipinski definition) is 2. The Morgan fingerprint density at radius 2 is 1.46 bits per heavy atom. The standard InChI is InChI=1S/C28H20Cl2O9/c1-11-12(2)24-15(9-17(11)30)21-20(16(28(36)38-4)10-18(31)37-3)23(27(34)35)22(26(32)33)19(25(21)39-24)13-5-7-14(29)8-6-13/h5-10H,1-4H3,(H,32,33)(H,34,35)/b16-10-. The maximum Gasteiger partial charge on any atom is 0.338 e. The predicted octanol–water partition coefficient (Wildman–Crippen LogP) is 6.30. The molecule has 0 saturated carbocycles. The Morgan fingerprint density at radius 3 is 2.00 bits per heavy atom. The Kier molecular flexibility index (Phi) is 7.41. The van der Waals surface area contributed by atoms with Gasteiger partial charge in [0, 0.05) is 38.0 Å². The first-order chi connectivity index (χ1) is 18.4. The average Bonchev–Trinajstić information content (AvgIpc) is 3.28. The Morgan fingerprint density at radius 1 is 0.846 bits per heavy atom. The van der Waals surface area contributed by atoms with Crippen LogP contribution in [-0.4, -0.2) is 48.3 Å². The first kappa shape index (κ1) is 27.7. The summed E-state index contributed by atoms with van der Waals surface area (Å²) in [5.41, 5.74) is -0.659. The summed E-state index contributed by atoms with van der Waals surface area (Å²) in [5.74, 6) is -5.40. The molecule has 0 unspecified atom stereocenters. The number of esters is 2. The monoisotopic (exact) mass is 570 g/mol. The third-order valence-electron chi connectivity index (χ3n) is 6.40. The minimum absolute atomic E-state index is 0.0444. The first-order valence-electron chi connectivity index (χ1n) is 11.3. The summed E-state index contributed by atoms with van der Waals surface area (Å²) in [4.78, 5) is 50.8. The van der Waals surface area contributed by atoms with E-state index in [4.69, 9.17) is 32.4 Å². The Bertz CT molecular complexity index is 1750. The van der Waals surface area contributed by atoms with Crippen LogP contribution in [0.4, 0.5) is 0 Å². The lowest BCUT2D eigenvalue weighted by Gasteiger charge is -2.17. The zero-order valence-electron chi connectivity index (χ0n) is 21.0. The Balaban J connectivity index is 2.44. The fourth-order valence-corrected chi connectivity index (χ4v) is 4.84. The minimum atomic E-state index is -1.68. The molecular formula is C28H20Cl2O9. The zero-order chi connectivity index (χ0) is 28.8. The molecule has 0 radical (unpaired) electrons. The molecule has 9 nitrogen and oxygen atoms in total. The van der Waals surface area contributed by atoms with Crippen LogP contribution in [0.15, 0.2) is 40.8 Å². The van der Waals surface area contributed by atoms with E-state index in [-0.39, 0.29) is 27.7 Å². The van der Waals surface area contributed by atoms with Gasteiger partial charge in [0.05, 0.1) is 30.9 Å². The first-order valence-corrected chi connectivity index (χ1v) is 12.0. The average molecular weight is 571 g/mol. The molecule has 0 saturated heterocycles. The lowest BCUT2D eigenvalue weighted by Crippen LogP contribution is -2.17. The number of furan rings is 1. The van der Waals surface area contributed by atoms with Crippen molar-refractivity contribution >= 4 is 74.6 Å². The van der Waals surface area contributed by atoms with Crippen LogP contribution >= 0.6 is 23.2 Å². The van der Waals surface area contributed by atoms with Gasteiger partial charge in [0.2, 0.25) is 0 Å². The van der Waals surface area contributed by atoms with E-state index in [0.29, 0.717) is 26.6 Å². The van der Waals surface area contributed by atoms with E-state index in [2.05, 4.69) is 4.74 Å². The molecule has 0 aliphatic rings. The van der Waals surface area contributed by atoms with Gasteiger partial charge in [0.1, 0.15) is 11.2 Å². The molecule has 39 heavy (non-hydrogen) atoms. The van der Waals surface area contributed by atoms with Crippen molar-refractivity contribution in [2.24, 2.45) is 0 Å². The predicted molar refractivity (Wildman–Crippen MR) is 145 cm³/mol. The molecular weight excluding hydrogens is 551 g/mol. The van der Waals surface area contributed by atoms with Gasteiger partial charge >= 0.3 is 23.9 Å². The number of carbonyl (C=O) groups is 4. The molecule has 0 fully saturated rings. The number of carboxylic acids is 2. The number of benzene rings is 3. The lowest BCUT2D eigenvalue weighted by molar-refractivity contribution is -0.136. The van der Waals surface area contributed by atoms with Crippen molar-refractivity contribution in [1.29, 1.82) is 0 Å². The molecule has 11 heteroatoms. The molecule has 0 aliphatic heterocycles. The van der Waals surface area contributed by atoms with Gasteiger partial charge in [-0.15, -0.1) is 0 Å². The van der Waals surface area contributed by atoms with Crippen LogP contribution in [0, 0.1) is 13.8 Å². The summed E-state index contributed by atoms with van der Waals surface area (Å²) in [6, 6.07) is 7.57. The van der Waals surface area contributed by atoms with Crippen molar-refractivity contribution < 1.29 is 43.3 Å². The van der Waals surface area contributed by atoms with Gasteiger partial charge in [0.25, 0.3) is 0 Å². The van der Waals surface area contributed by atoms with E-state index in [1.165, 1.54) is 30.3 Å². The summed E-state index contributed by atoms with van der Waals surface area (Å²) in [6.07, 6.45) is 0.738. The quantitative estimate of drug-likeness (QED) is 0.201. The van der Waals surface area contributed by atoms with Crippen LogP contribution in [0.1, 0.15) is 37.4 Å². The van der Waals surface area contributed by atoms with Gasteiger partial charge in [-0.05, 0) is 48.7 Å². The van der Waals surface area contributed by atoms with Crippen LogP contribution in [0.25, 0.3) is 38.6 Å². The second kappa shape index (κ2) is 10.4. The fourth-order valence-electron chi connectivity index (χ4n) is 4.47. The van der Waals surface area contributed by atoms with E-state index >= 15 is 0 Å². The molecule has 0 aliphatic carbocycles. The highest BCUT2D eigenvalue weighted by molar-refractivity contribution is 6.35.